The Morgan fingerprint density at radius 3 is 2.90 bits per heavy atom. The molecule has 2 rings (SSSR count). The molecule has 1 unspecified atom stereocenters. The first-order chi connectivity index (χ1) is 10.1. The zero-order valence-electron chi connectivity index (χ0n) is 13.0. The van der Waals surface area contributed by atoms with Crippen molar-refractivity contribution in [2.24, 2.45) is 5.41 Å². The van der Waals surface area contributed by atoms with E-state index in [-0.39, 0.29) is 0 Å². The highest BCUT2D eigenvalue weighted by Gasteiger charge is 2.42. The minimum atomic E-state index is -0.650. The van der Waals surface area contributed by atoms with Crippen LogP contribution in [0.2, 0.25) is 0 Å². The largest absolute Gasteiger partial charge is 0.494 e. The summed E-state index contributed by atoms with van der Waals surface area (Å²) in [5.74, 6) is 0.258. The summed E-state index contributed by atoms with van der Waals surface area (Å²) < 4.78 is 5.73. The number of benzene rings is 1. The van der Waals surface area contributed by atoms with Gasteiger partial charge in [0.1, 0.15) is 5.75 Å². The Balaban J connectivity index is 1.72. The van der Waals surface area contributed by atoms with Crippen LogP contribution in [0.25, 0.3) is 0 Å². The van der Waals surface area contributed by atoms with Crippen LogP contribution >= 0.6 is 0 Å². The third kappa shape index (κ3) is 3.97. The fourth-order valence-corrected chi connectivity index (χ4v) is 2.95. The second-order valence-electron chi connectivity index (χ2n) is 5.98. The average molecular weight is 291 g/mol. The summed E-state index contributed by atoms with van der Waals surface area (Å²) in [5, 5.41) is 9.38. The van der Waals surface area contributed by atoms with Gasteiger partial charge in [0.2, 0.25) is 0 Å². The molecular weight excluding hydrogens is 266 g/mol. The zero-order chi connectivity index (χ0) is 15.3. The second kappa shape index (κ2) is 6.94. The molecule has 1 saturated heterocycles. The molecule has 1 N–H and O–H groups in total. The lowest BCUT2D eigenvalue weighted by Gasteiger charge is -2.23. The molecule has 0 amide bonds. The summed E-state index contributed by atoms with van der Waals surface area (Å²) in [5.41, 5.74) is 0.665. The Hall–Kier alpha value is -1.55. The zero-order valence-corrected chi connectivity index (χ0v) is 13.0. The standard InChI is InChI=1S/C17H25NO3/c1-3-17(16(19)20)8-10-18(13-17)9-5-11-21-15-7-4-6-14(2)12-15/h4,6-7,12H,3,5,8-11,13H2,1-2H3,(H,19,20). The molecule has 116 valence electrons. The molecule has 1 aromatic rings. The topological polar surface area (TPSA) is 49.8 Å². The fourth-order valence-electron chi connectivity index (χ4n) is 2.95. The van der Waals surface area contributed by atoms with Gasteiger partial charge in [0.25, 0.3) is 0 Å². The summed E-state index contributed by atoms with van der Waals surface area (Å²) in [4.78, 5) is 13.6. The van der Waals surface area contributed by atoms with Crippen molar-refractivity contribution >= 4 is 5.97 Å². The maximum atomic E-state index is 11.4. The smallest absolute Gasteiger partial charge is 0.310 e. The van der Waals surface area contributed by atoms with Crippen molar-refractivity contribution in [2.75, 3.05) is 26.2 Å². The third-order valence-corrected chi connectivity index (χ3v) is 4.44. The number of carboxylic acid groups (broad SMARTS) is 1. The predicted octanol–water partition coefficient (Wildman–Crippen LogP) is 2.95. The van der Waals surface area contributed by atoms with E-state index < -0.39 is 11.4 Å². The summed E-state index contributed by atoms with van der Waals surface area (Å²) in [7, 11) is 0. The molecular formula is C17H25NO3. The highest BCUT2D eigenvalue weighted by atomic mass is 16.5. The van der Waals surface area contributed by atoms with Gasteiger partial charge in [-0.05, 0) is 50.4 Å². The van der Waals surface area contributed by atoms with E-state index in [1.54, 1.807) is 0 Å². The molecule has 0 aromatic heterocycles. The SMILES string of the molecule is CCC1(C(=O)O)CCN(CCCOc2cccc(C)c2)C1. The van der Waals surface area contributed by atoms with Crippen molar-refractivity contribution < 1.29 is 14.6 Å². The Labute approximate surface area is 126 Å². The van der Waals surface area contributed by atoms with Crippen LogP contribution in [0.15, 0.2) is 24.3 Å². The molecule has 4 nitrogen and oxygen atoms in total. The number of likely N-dealkylation sites (tertiary alicyclic amines) is 1. The molecule has 1 heterocycles. The number of hydrogen-bond donors (Lipinski definition) is 1. The van der Waals surface area contributed by atoms with Crippen molar-refractivity contribution in [2.45, 2.75) is 33.1 Å². The first-order valence-electron chi connectivity index (χ1n) is 7.71. The van der Waals surface area contributed by atoms with E-state index in [0.717, 1.165) is 31.7 Å². The van der Waals surface area contributed by atoms with E-state index in [2.05, 4.69) is 4.90 Å². The molecule has 0 aliphatic carbocycles. The highest BCUT2D eigenvalue weighted by Crippen LogP contribution is 2.34. The number of hydrogen-bond acceptors (Lipinski definition) is 3. The van der Waals surface area contributed by atoms with E-state index in [9.17, 15) is 9.90 Å². The van der Waals surface area contributed by atoms with Gasteiger partial charge >= 0.3 is 5.97 Å². The molecule has 0 radical (unpaired) electrons. The first-order valence-corrected chi connectivity index (χ1v) is 7.71. The lowest BCUT2D eigenvalue weighted by Crippen LogP contribution is -2.34. The van der Waals surface area contributed by atoms with Gasteiger partial charge in [-0.3, -0.25) is 4.79 Å². The van der Waals surface area contributed by atoms with Gasteiger partial charge < -0.3 is 14.7 Å². The van der Waals surface area contributed by atoms with E-state index >= 15 is 0 Å². The molecule has 0 saturated carbocycles. The van der Waals surface area contributed by atoms with Crippen molar-refractivity contribution in [3.8, 4) is 5.75 Å². The number of nitrogens with zero attached hydrogens (tertiary/aromatic N) is 1. The maximum absolute atomic E-state index is 11.4. The van der Waals surface area contributed by atoms with Crippen LogP contribution in [-0.2, 0) is 4.79 Å². The van der Waals surface area contributed by atoms with Gasteiger partial charge in [-0.2, -0.15) is 0 Å². The normalized spacial score (nSPS) is 22.4. The molecule has 0 bridgehead atoms. The molecule has 21 heavy (non-hydrogen) atoms. The van der Waals surface area contributed by atoms with E-state index in [1.165, 1.54) is 5.56 Å². The van der Waals surface area contributed by atoms with Crippen LogP contribution in [0.1, 0.15) is 31.7 Å². The minimum Gasteiger partial charge on any atom is -0.494 e. The van der Waals surface area contributed by atoms with Crippen molar-refractivity contribution in [1.29, 1.82) is 0 Å². The fraction of sp³-hybridized carbons (Fsp3) is 0.588. The number of aliphatic carboxylic acids is 1. The molecule has 1 aliphatic rings. The lowest BCUT2D eigenvalue weighted by molar-refractivity contribution is -0.148. The number of aryl methyl sites for hydroxylation is 1. The lowest BCUT2D eigenvalue weighted by atomic mass is 9.84. The van der Waals surface area contributed by atoms with Crippen LogP contribution in [-0.4, -0.2) is 42.2 Å². The first kappa shape index (κ1) is 15.8. The van der Waals surface area contributed by atoms with Gasteiger partial charge in [-0.15, -0.1) is 0 Å². The van der Waals surface area contributed by atoms with Gasteiger partial charge in [0.05, 0.1) is 12.0 Å². The van der Waals surface area contributed by atoms with Gasteiger partial charge in [-0.25, -0.2) is 0 Å². The summed E-state index contributed by atoms with van der Waals surface area (Å²) in [6.45, 7) is 7.15. The van der Waals surface area contributed by atoms with Crippen molar-refractivity contribution in [3.05, 3.63) is 29.8 Å². The van der Waals surface area contributed by atoms with Crippen LogP contribution in [0, 0.1) is 12.3 Å². The summed E-state index contributed by atoms with van der Waals surface area (Å²) in [6, 6.07) is 8.04. The number of carboxylic acids is 1. The minimum absolute atomic E-state index is 0.530. The summed E-state index contributed by atoms with van der Waals surface area (Å²) in [6.07, 6.45) is 2.39. The van der Waals surface area contributed by atoms with Crippen molar-refractivity contribution in [1.82, 2.24) is 4.90 Å². The maximum Gasteiger partial charge on any atom is 0.310 e. The Morgan fingerprint density at radius 1 is 1.48 bits per heavy atom. The quantitative estimate of drug-likeness (QED) is 0.785. The van der Waals surface area contributed by atoms with Crippen LogP contribution in [0.3, 0.4) is 0 Å². The third-order valence-electron chi connectivity index (χ3n) is 4.44. The number of carbonyl (C=O) groups is 1. The molecule has 4 heteroatoms. The van der Waals surface area contributed by atoms with Gasteiger partial charge in [0, 0.05) is 13.1 Å². The molecule has 1 aliphatic heterocycles. The van der Waals surface area contributed by atoms with Crippen LogP contribution < -0.4 is 4.74 Å². The Morgan fingerprint density at radius 2 is 2.29 bits per heavy atom. The molecule has 1 atom stereocenters. The van der Waals surface area contributed by atoms with Gasteiger partial charge in [-0.1, -0.05) is 19.1 Å². The molecule has 0 spiro atoms. The predicted molar refractivity (Wildman–Crippen MR) is 82.7 cm³/mol. The van der Waals surface area contributed by atoms with Crippen molar-refractivity contribution in [3.63, 3.8) is 0 Å². The van der Waals surface area contributed by atoms with Crippen LogP contribution in [0.4, 0.5) is 0 Å². The van der Waals surface area contributed by atoms with E-state index in [4.69, 9.17) is 4.74 Å². The second-order valence-corrected chi connectivity index (χ2v) is 5.98. The average Bonchev–Trinajstić information content (AvgIpc) is 2.89. The number of rotatable bonds is 7. The number of ether oxygens (including phenoxy) is 1. The Bertz CT molecular complexity index is 489. The monoisotopic (exact) mass is 291 g/mol. The van der Waals surface area contributed by atoms with Gasteiger partial charge in [0.15, 0.2) is 0 Å². The molecule has 1 aromatic carbocycles. The summed E-state index contributed by atoms with van der Waals surface area (Å²) >= 11 is 0. The van der Waals surface area contributed by atoms with E-state index in [1.807, 2.05) is 38.1 Å². The van der Waals surface area contributed by atoms with E-state index in [0.29, 0.717) is 19.6 Å². The van der Waals surface area contributed by atoms with Crippen LogP contribution in [0.5, 0.6) is 5.75 Å². The Kier molecular flexibility index (Phi) is 5.23. The highest BCUT2D eigenvalue weighted by molar-refractivity contribution is 5.75. The molecule has 1 fully saturated rings.